The van der Waals surface area contributed by atoms with Crippen LogP contribution in [0.4, 0.5) is 0 Å². The third-order valence-corrected chi connectivity index (χ3v) is 4.68. The fourth-order valence-electron chi connectivity index (χ4n) is 3.32. The van der Waals surface area contributed by atoms with Gasteiger partial charge in [0.05, 0.1) is 17.2 Å². The van der Waals surface area contributed by atoms with Crippen LogP contribution in [-0.4, -0.2) is 28.0 Å². The first-order valence-corrected chi connectivity index (χ1v) is 8.73. The lowest BCUT2D eigenvalue weighted by atomic mass is 10.0. The van der Waals surface area contributed by atoms with Gasteiger partial charge in [0, 0.05) is 24.9 Å². The molecule has 1 heterocycles. The lowest BCUT2D eigenvalue weighted by Crippen LogP contribution is -2.33. The Morgan fingerprint density at radius 2 is 1.85 bits per heavy atom. The fourth-order valence-corrected chi connectivity index (χ4v) is 3.32. The second kappa shape index (κ2) is 7.52. The number of nitrogens with zero attached hydrogens (tertiary/aromatic N) is 3. The van der Waals surface area contributed by atoms with Crippen molar-refractivity contribution in [3.63, 3.8) is 0 Å². The number of amides is 1. The highest BCUT2D eigenvalue weighted by Crippen LogP contribution is 2.27. The number of aromatic nitrogens is 2. The average molecular weight is 350 g/mol. The third-order valence-electron chi connectivity index (χ3n) is 4.68. The first-order valence-electron chi connectivity index (χ1n) is 8.73. The topological polar surface area (TPSA) is 87.9 Å². The van der Waals surface area contributed by atoms with Crippen molar-refractivity contribution in [2.24, 2.45) is 0 Å². The van der Waals surface area contributed by atoms with Gasteiger partial charge in [-0.1, -0.05) is 0 Å². The van der Waals surface area contributed by atoms with Gasteiger partial charge in [0.2, 0.25) is 0 Å². The van der Waals surface area contributed by atoms with Crippen LogP contribution in [0, 0.1) is 32.1 Å². The second-order valence-electron chi connectivity index (χ2n) is 6.79. The number of rotatable bonds is 4. The van der Waals surface area contributed by atoms with Crippen LogP contribution in [0.15, 0.2) is 24.5 Å². The molecule has 6 nitrogen and oxygen atoms in total. The molecule has 2 atom stereocenters. The Balaban J connectivity index is 1.58. The van der Waals surface area contributed by atoms with Crippen molar-refractivity contribution in [1.29, 1.82) is 5.26 Å². The molecule has 6 heteroatoms. The number of nitriles is 1. The largest absolute Gasteiger partial charge is 0.490 e. The summed E-state index contributed by atoms with van der Waals surface area (Å²) in [5.74, 6) is 1.27. The Morgan fingerprint density at radius 3 is 2.46 bits per heavy atom. The number of carbonyl (C=O) groups is 1. The van der Waals surface area contributed by atoms with E-state index in [1.807, 2.05) is 26.0 Å². The van der Waals surface area contributed by atoms with Gasteiger partial charge in [-0.15, -0.1) is 0 Å². The highest BCUT2D eigenvalue weighted by Gasteiger charge is 2.28. The highest BCUT2D eigenvalue weighted by atomic mass is 16.5. The summed E-state index contributed by atoms with van der Waals surface area (Å²) in [6, 6.07) is 6.10. The van der Waals surface area contributed by atoms with Gasteiger partial charge in [-0.25, -0.2) is 9.97 Å². The summed E-state index contributed by atoms with van der Waals surface area (Å²) in [6.45, 7) is 5.62. The van der Waals surface area contributed by atoms with Gasteiger partial charge in [-0.2, -0.15) is 5.26 Å². The van der Waals surface area contributed by atoms with E-state index in [1.54, 1.807) is 19.3 Å². The summed E-state index contributed by atoms with van der Waals surface area (Å²) in [4.78, 5) is 20.4. The number of nitrogens with one attached hydrogen (secondary N) is 1. The minimum absolute atomic E-state index is 0.0568. The van der Waals surface area contributed by atoms with E-state index < -0.39 is 0 Å². The summed E-state index contributed by atoms with van der Waals surface area (Å²) >= 11 is 0. The number of ether oxygens (including phenoxy) is 1. The molecule has 2 aromatic rings. The quantitative estimate of drug-likeness (QED) is 0.916. The Morgan fingerprint density at radius 1 is 1.19 bits per heavy atom. The van der Waals surface area contributed by atoms with Gasteiger partial charge in [0.15, 0.2) is 0 Å². The third kappa shape index (κ3) is 3.99. The van der Waals surface area contributed by atoms with Crippen molar-refractivity contribution in [3.8, 4) is 11.8 Å². The molecule has 1 aromatic carbocycles. The lowest BCUT2D eigenvalue weighted by Gasteiger charge is -2.16. The SMILES string of the molecule is Cc1ncc(C(=O)N[C@@H]2CC[C@@H](Oc3cc(C)c(C#N)c(C)c3)C2)cn1. The molecule has 1 aliphatic carbocycles. The maximum absolute atomic E-state index is 12.3. The maximum atomic E-state index is 12.3. The van der Waals surface area contributed by atoms with E-state index >= 15 is 0 Å². The average Bonchev–Trinajstić information content (AvgIpc) is 3.02. The van der Waals surface area contributed by atoms with Crippen molar-refractivity contribution in [3.05, 3.63) is 52.6 Å². The van der Waals surface area contributed by atoms with Gasteiger partial charge in [0.1, 0.15) is 17.7 Å². The molecule has 0 unspecified atom stereocenters. The van der Waals surface area contributed by atoms with Crippen LogP contribution >= 0.6 is 0 Å². The molecule has 0 saturated heterocycles. The standard InChI is InChI=1S/C20H22N4O2/c1-12-6-18(7-13(2)19(12)9-21)26-17-5-4-16(8-17)24-20(25)15-10-22-14(3)23-11-15/h6-7,10-11,16-17H,4-5,8H2,1-3H3,(H,24,25)/t16-,17-/m1/s1. The smallest absolute Gasteiger partial charge is 0.254 e. The monoisotopic (exact) mass is 350 g/mol. The summed E-state index contributed by atoms with van der Waals surface area (Å²) < 4.78 is 6.08. The van der Waals surface area contributed by atoms with Crippen molar-refractivity contribution >= 4 is 5.91 Å². The van der Waals surface area contributed by atoms with E-state index in [9.17, 15) is 4.79 Å². The Kier molecular flexibility index (Phi) is 5.17. The van der Waals surface area contributed by atoms with Crippen molar-refractivity contribution in [1.82, 2.24) is 15.3 Å². The summed E-state index contributed by atoms with van der Waals surface area (Å²) in [5.41, 5.74) is 3.02. The number of carbonyl (C=O) groups excluding carboxylic acids is 1. The normalized spacial score (nSPS) is 19.0. The van der Waals surface area contributed by atoms with Crippen LogP contribution in [0.25, 0.3) is 0 Å². The number of hydrogen-bond acceptors (Lipinski definition) is 5. The van der Waals surface area contributed by atoms with Gasteiger partial charge in [-0.3, -0.25) is 4.79 Å². The zero-order valence-electron chi connectivity index (χ0n) is 15.2. The van der Waals surface area contributed by atoms with Crippen LogP contribution in [0.1, 0.15) is 52.1 Å². The molecule has 1 N–H and O–H groups in total. The molecular weight excluding hydrogens is 328 g/mol. The summed E-state index contributed by atoms with van der Waals surface area (Å²) in [7, 11) is 0. The predicted molar refractivity (Wildman–Crippen MR) is 96.9 cm³/mol. The minimum Gasteiger partial charge on any atom is -0.490 e. The predicted octanol–water partition coefficient (Wildman–Crippen LogP) is 3.00. The van der Waals surface area contributed by atoms with Crippen LogP contribution < -0.4 is 10.1 Å². The maximum Gasteiger partial charge on any atom is 0.254 e. The van der Waals surface area contributed by atoms with E-state index in [2.05, 4.69) is 21.4 Å². The Hall–Kier alpha value is -2.94. The molecule has 134 valence electrons. The van der Waals surface area contributed by atoms with Gasteiger partial charge in [-0.05, 0) is 56.9 Å². The number of hydrogen-bond donors (Lipinski definition) is 1. The Labute approximate surface area is 153 Å². The molecule has 3 rings (SSSR count). The van der Waals surface area contributed by atoms with E-state index in [4.69, 9.17) is 10.00 Å². The summed E-state index contributed by atoms with van der Waals surface area (Å²) in [5, 5.41) is 12.2. The van der Waals surface area contributed by atoms with E-state index in [1.165, 1.54) is 0 Å². The molecule has 1 aliphatic rings. The zero-order chi connectivity index (χ0) is 18.7. The molecule has 0 spiro atoms. The lowest BCUT2D eigenvalue weighted by molar-refractivity contribution is 0.0934. The van der Waals surface area contributed by atoms with Crippen molar-refractivity contribution < 1.29 is 9.53 Å². The van der Waals surface area contributed by atoms with E-state index in [0.29, 0.717) is 17.0 Å². The molecule has 1 aromatic heterocycles. The van der Waals surface area contributed by atoms with Gasteiger partial charge in [0.25, 0.3) is 5.91 Å². The van der Waals surface area contributed by atoms with Crippen molar-refractivity contribution in [2.45, 2.75) is 52.2 Å². The molecule has 0 bridgehead atoms. The van der Waals surface area contributed by atoms with Crippen LogP contribution in [0.2, 0.25) is 0 Å². The van der Waals surface area contributed by atoms with Crippen LogP contribution in [0.5, 0.6) is 5.75 Å². The van der Waals surface area contributed by atoms with Crippen LogP contribution in [-0.2, 0) is 0 Å². The van der Waals surface area contributed by atoms with E-state index in [-0.39, 0.29) is 18.1 Å². The second-order valence-corrected chi connectivity index (χ2v) is 6.79. The zero-order valence-corrected chi connectivity index (χ0v) is 15.2. The molecule has 1 amide bonds. The molecule has 1 saturated carbocycles. The molecule has 1 fully saturated rings. The van der Waals surface area contributed by atoms with Gasteiger partial charge < -0.3 is 10.1 Å². The van der Waals surface area contributed by atoms with Crippen LogP contribution in [0.3, 0.4) is 0 Å². The highest BCUT2D eigenvalue weighted by molar-refractivity contribution is 5.93. The first-order chi connectivity index (χ1) is 12.5. The number of benzene rings is 1. The molecule has 0 radical (unpaired) electrons. The first kappa shape index (κ1) is 17.9. The molecule has 0 aliphatic heterocycles. The number of aryl methyl sites for hydroxylation is 3. The van der Waals surface area contributed by atoms with Crippen molar-refractivity contribution in [2.75, 3.05) is 0 Å². The van der Waals surface area contributed by atoms with E-state index in [0.717, 1.165) is 36.1 Å². The summed E-state index contributed by atoms with van der Waals surface area (Å²) in [6.07, 6.45) is 5.66. The molecule has 26 heavy (non-hydrogen) atoms. The van der Waals surface area contributed by atoms with Gasteiger partial charge >= 0.3 is 0 Å². The fraction of sp³-hybridized carbons (Fsp3) is 0.400. The molecular formula is C20H22N4O2. The minimum atomic E-state index is -0.152. The Bertz CT molecular complexity index is 832.